The molecule has 1 N–H and O–H groups in total. The number of nitrogens with one attached hydrogen (secondary N) is 1. The molecular formula is C19H28N2O4. The predicted octanol–water partition coefficient (Wildman–Crippen LogP) is 2.47. The minimum absolute atomic E-state index is 0.0552. The summed E-state index contributed by atoms with van der Waals surface area (Å²) in [5.74, 6) is 1.33. The SMILES string of the molecule is CCCC(=O)NC[C@@H]1CCCN(C(=O)c2cccc(OC)c2OC)C1. The third kappa shape index (κ3) is 4.87. The number of nitrogens with zero attached hydrogens (tertiary/aromatic N) is 1. The zero-order valence-electron chi connectivity index (χ0n) is 15.3. The van der Waals surface area contributed by atoms with Crippen LogP contribution >= 0.6 is 0 Å². The Kier molecular flexibility index (Phi) is 7.10. The van der Waals surface area contributed by atoms with E-state index in [4.69, 9.17) is 9.47 Å². The number of para-hydroxylation sites is 1. The highest BCUT2D eigenvalue weighted by Gasteiger charge is 2.27. The molecule has 0 unspecified atom stereocenters. The van der Waals surface area contributed by atoms with Gasteiger partial charge in [0.2, 0.25) is 5.91 Å². The van der Waals surface area contributed by atoms with Gasteiger partial charge in [-0.05, 0) is 37.3 Å². The van der Waals surface area contributed by atoms with Crippen molar-refractivity contribution in [1.82, 2.24) is 10.2 Å². The van der Waals surface area contributed by atoms with Gasteiger partial charge in [-0.1, -0.05) is 13.0 Å². The first-order valence-electron chi connectivity index (χ1n) is 8.87. The molecule has 1 heterocycles. The zero-order chi connectivity index (χ0) is 18.2. The number of hydrogen-bond donors (Lipinski definition) is 1. The quantitative estimate of drug-likeness (QED) is 0.822. The third-order valence-electron chi connectivity index (χ3n) is 4.50. The second-order valence-corrected chi connectivity index (χ2v) is 6.35. The highest BCUT2D eigenvalue weighted by Crippen LogP contribution is 2.32. The number of hydrogen-bond acceptors (Lipinski definition) is 4. The largest absolute Gasteiger partial charge is 0.493 e. The van der Waals surface area contributed by atoms with Gasteiger partial charge in [-0.25, -0.2) is 0 Å². The summed E-state index contributed by atoms with van der Waals surface area (Å²) in [5.41, 5.74) is 0.512. The Hall–Kier alpha value is -2.24. The van der Waals surface area contributed by atoms with E-state index in [-0.39, 0.29) is 17.7 Å². The van der Waals surface area contributed by atoms with Crippen molar-refractivity contribution in [2.45, 2.75) is 32.6 Å². The Morgan fingerprint density at radius 1 is 1.28 bits per heavy atom. The molecular weight excluding hydrogens is 320 g/mol. The lowest BCUT2D eigenvalue weighted by molar-refractivity contribution is -0.121. The van der Waals surface area contributed by atoms with Gasteiger partial charge in [-0.15, -0.1) is 0 Å². The number of methoxy groups -OCH3 is 2. The third-order valence-corrected chi connectivity index (χ3v) is 4.50. The summed E-state index contributed by atoms with van der Waals surface area (Å²) in [6.45, 7) is 3.98. The van der Waals surface area contributed by atoms with Gasteiger partial charge in [-0.2, -0.15) is 0 Å². The molecule has 1 saturated heterocycles. The van der Waals surface area contributed by atoms with Crippen molar-refractivity contribution in [3.05, 3.63) is 23.8 Å². The maximum Gasteiger partial charge on any atom is 0.257 e. The number of likely N-dealkylation sites (tertiary alicyclic amines) is 1. The van der Waals surface area contributed by atoms with E-state index < -0.39 is 0 Å². The molecule has 1 aromatic carbocycles. The van der Waals surface area contributed by atoms with Crippen molar-refractivity contribution in [3.8, 4) is 11.5 Å². The van der Waals surface area contributed by atoms with Gasteiger partial charge in [0.05, 0.1) is 19.8 Å². The lowest BCUT2D eigenvalue weighted by Gasteiger charge is -2.33. The van der Waals surface area contributed by atoms with Crippen molar-refractivity contribution < 1.29 is 19.1 Å². The number of carbonyl (C=O) groups excluding carboxylic acids is 2. The van der Waals surface area contributed by atoms with Crippen molar-refractivity contribution >= 4 is 11.8 Å². The normalized spacial score (nSPS) is 17.1. The van der Waals surface area contributed by atoms with Crippen LogP contribution in [-0.2, 0) is 4.79 Å². The number of carbonyl (C=O) groups is 2. The van der Waals surface area contributed by atoms with E-state index in [9.17, 15) is 9.59 Å². The predicted molar refractivity (Wildman–Crippen MR) is 96.1 cm³/mol. The molecule has 1 atom stereocenters. The first-order chi connectivity index (χ1) is 12.1. The highest BCUT2D eigenvalue weighted by atomic mass is 16.5. The lowest BCUT2D eigenvalue weighted by Crippen LogP contribution is -2.43. The Balaban J connectivity index is 2.03. The minimum atomic E-state index is -0.0552. The van der Waals surface area contributed by atoms with Crippen LogP contribution in [0.15, 0.2) is 18.2 Å². The Morgan fingerprint density at radius 3 is 2.76 bits per heavy atom. The fourth-order valence-electron chi connectivity index (χ4n) is 3.22. The Bertz CT molecular complexity index is 603. The van der Waals surface area contributed by atoms with E-state index in [0.717, 1.165) is 25.8 Å². The van der Waals surface area contributed by atoms with Crippen molar-refractivity contribution in [3.63, 3.8) is 0 Å². The van der Waals surface area contributed by atoms with E-state index in [0.29, 0.717) is 36.6 Å². The van der Waals surface area contributed by atoms with Gasteiger partial charge >= 0.3 is 0 Å². The van der Waals surface area contributed by atoms with Crippen molar-refractivity contribution in [2.24, 2.45) is 5.92 Å². The van der Waals surface area contributed by atoms with Crippen molar-refractivity contribution in [1.29, 1.82) is 0 Å². The van der Waals surface area contributed by atoms with E-state index in [1.165, 1.54) is 7.11 Å². The molecule has 1 aliphatic heterocycles. The molecule has 1 aromatic rings. The number of rotatable bonds is 7. The van der Waals surface area contributed by atoms with Crippen LogP contribution in [0.1, 0.15) is 43.0 Å². The molecule has 2 rings (SSSR count). The maximum atomic E-state index is 12.9. The Morgan fingerprint density at radius 2 is 2.08 bits per heavy atom. The van der Waals surface area contributed by atoms with Gasteiger partial charge in [0, 0.05) is 26.1 Å². The molecule has 138 valence electrons. The molecule has 6 nitrogen and oxygen atoms in total. The van der Waals surface area contributed by atoms with Crippen LogP contribution in [0.4, 0.5) is 0 Å². The fourth-order valence-corrected chi connectivity index (χ4v) is 3.22. The molecule has 0 spiro atoms. The van der Waals surface area contributed by atoms with E-state index in [2.05, 4.69) is 5.32 Å². The van der Waals surface area contributed by atoms with Gasteiger partial charge in [0.25, 0.3) is 5.91 Å². The van der Waals surface area contributed by atoms with E-state index in [1.807, 2.05) is 11.8 Å². The van der Waals surface area contributed by atoms with Crippen LogP contribution in [-0.4, -0.2) is 50.6 Å². The smallest absolute Gasteiger partial charge is 0.257 e. The molecule has 0 bridgehead atoms. The topological polar surface area (TPSA) is 67.9 Å². The molecule has 1 fully saturated rings. The zero-order valence-corrected chi connectivity index (χ0v) is 15.3. The molecule has 0 radical (unpaired) electrons. The van der Waals surface area contributed by atoms with Crippen LogP contribution in [0.3, 0.4) is 0 Å². The summed E-state index contributed by atoms with van der Waals surface area (Å²) in [6, 6.07) is 5.33. The molecule has 0 aliphatic carbocycles. The van der Waals surface area contributed by atoms with E-state index in [1.54, 1.807) is 25.3 Å². The van der Waals surface area contributed by atoms with Crippen LogP contribution in [0.25, 0.3) is 0 Å². The number of piperidine rings is 1. The second-order valence-electron chi connectivity index (χ2n) is 6.35. The van der Waals surface area contributed by atoms with Crippen LogP contribution in [0, 0.1) is 5.92 Å². The molecule has 0 aromatic heterocycles. The summed E-state index contributed by atoms with van der Waals surface area (Å²) in [4.78, 5) is 26.4. The number of benzene rings is 1. The molecule has 1 aliphatic rings. The fraction of sp³-hybridized carbons (Fsp3) is 0.579. The first kappa shape index (κ1) is 19.1. The number of ether oxygens (including phenoxy) is 2. The second kappa shape index (κ2) is 9.30. The molecule has 25 heavy (non-hydrogen) atoms. The lowest BCUT2D eigenvalue weighted by atomic mass is 9.97. The maximum absolute atomic E-state index is 12.9. The molecule has 6 heteroatoms. The first-order valence-corrected chi connectivity index (χ1v) is 8.87. The van der Waals surface area contributed by atoms with Crippen LogP contribution in [0.5, 0.6) is 11.5 Å². The van der Waals surface area contributed by atoms with Gasteiger partial charge < -0.3 is 19.7 Å². The standard InChI is InChI=1S/C19H28N2O4/c1-4-7-17(22)20-12-14-8-6-11-21(13-14)19(23)15-9-5-10-16(24-2)18(15)25-3/h5,9-10,14H,4,6-8,11-13H2,1-3H3,(H,20,22)/t14-/m0/s1. The summed E-state index contributed by atoms with van der Waals surface area (Å²) < 4.78 is 10.7. The summed E-state index contributed by atoms with van der Waals surface area (Å²) >= 11 is 0. The summed E-state index contributed by atoms with van der Waals surface area (Å²) in [5, 5.41) is 2.97. The average Bonchev–Trinajstić information content (AvgIpc) is 2.65. The summed E-state index contributed by atoms with van der Waals surface area (Å²) in [6.07, 6.45) is 3.35. The van der Waals surface area contributed by atoms with Gasteiger partial charge in [0.15, 0.2) is 11.5 Å². The van der Waals surface area contributed by atoms with Crippen molar-refractivity contribution in [2.75, 3.05) is 33.9 Å². The van der Waals surface area contributed by atoms with Crippen LogP contribution < -0.4 is 14.8 Å². The molecule has 0 saturated carbocycles. The average molecular weight is 348 g/mol. The number of amides is 2. The molecule has 2 amide bonds. The Labute approximate surface area is 149 Å². The van der Waals surface area contributed by atoms with E-state index >= 15 is 0 Å². The van der Waals surface area contributed by atoms with Gasteiger partial charge in [0.1, 0.15) is 0 Å². The monoisotopic (exact) mass is 348 g/mol. The highest BCUT2D eigenvalue weighted by molar-refractivity contribution is 5.97. The van der Waals surface area contributed by atoms with Gasteiger partial charge in [-0.3, -0.25) is 9.59 Å². The minimum Gasteiger partial charge on any atom is -0.493 e. The van der Waals surface area contributed by atoms with Crippen LogP contribution in [0.2, 0.25) is 0 Å². The summed E-state index contributed by atoms with van der Waals surface area (Å²) in [7, 11) is 3.10.